The molecule has 2 N–H and O–H groups in total. The molecule has 0 bridgehead atoms. The van der Waals surface area contributed by atoms with Gasteiger partial charge in [0.15, 0.2) is 0 Å². The maximum atomic E-state index is 12.3. The molecule has 0 fully saturated rings. The smallest absolute Gasteiger partial charge is 0.274 e. The summed E-state index contributed by atoms with van der Waals surface area (Å²) < 4.78 is 4.89. The van der Waals surface area contributed by atoms with E-state index in [4.69, 9.17) is 4.74 Å². The third-order valence-corrected chi connectivity index (χ3v) is 3.68. The van der Waals surface area contributed by atoms with Gasteiger partial charge in [0.25, 0.3) is 11.8 Å². The lowest BCUT2D eigenvalue weighted by Gasteiger charge is -2.09. The highest BCUT2D eigenvalue weighted by Gasteiger charge is 2.12. The summed E-state index contributed by atoms with van der Waals surface area (Å²) in [5, 5.41) is 5.50. The van der Waals surface area contributed by atoms with Crippen LogP contribution in [0.15, 0.2) is 42.6 Å². The lowest BCUT2D eigenvalue weighted by Crippen LogP contribution is -2.27. The summed E-state index contributed by atoms with van der Waals surface area (Å²) in [5.74, 6) is -0.196. The third kappa shape index (κ3) is 5.39. The molecule has 1 heterocycles. The van der Waals surface area contributed by atoms with Crippen molar-refractivity contribution in [2.75, 3.05) is 25.6 Å². The van der Waals surface area contributed by atoms with Gasteiger partial charge in [0, 0.05) is 31.1 Å². The molecule has 2 aromatic rings. The fourth-order valence-corrected chi connectivity index (χ4v) is 2.21. The molecule has 6 nitrogen and oxygen atoms in total. The van der Waals surface area contributed by atoms with Crippen molar-refractivity contribution in [2.45, 2.75) is 19.8 Å². The van der Waals surface area contributed by atoms with E-state index in [1.165, 1.54) is 17.8 Å². The van der Waals surface area contributed by atoms with Crippen LogP contribution >= 0.6 is 0 Å². The van der Waals surface area contributed by atoms with Crippen LogP contribution in [0, 0.1) is 0 Å². The highest BCUT2D eigenvalue weighted by atomic mass is 16.5. The minimum absolute atomic E-state index is 0.187. The average molecular weight is 341 g/mol. The zero-order valence-corrected chi connectivity index (χ0v) is 14.7. The Bertz CT molecular complexity index is 727. The first-order valence-electron chi connectivity index (χ1n) is 8.15. The summed E-state index contributed by atoms with van der Waals surface area (Å²) in [6.45, 7) is 5.05. The van der Waals surface area contributed by atoms with Crippen LogP contribution in [0.3, 0.4) is 0 Å². The molecular formula is C19H23N3O3. The fourth-order valence-electron chi connectivity index (χ4n) is 2.21. The Morgan fingerprint density at radius 2 is 1.84 bits per heavy atom. The zero-order valence-electron chi connectivity index (χ0n) is 14.7. The number of amides is 2. The summed E-state index contributed by atoms with van der Waals surface area (Å²) in [7, 11) is 1.56. The second-order valence-corrected chi connectivity index (χ2v) is 5.91. The molecule has 132 valence electrons. The van der Waals surface area contributed by atoms with Crippen molar-refractivity contribution in [3.05, 3.63) is 59.4 Å². The normalized spacial score (nSPS) is 10.6. The Labute approximate surface area is 147 Å². The van der Waals surface area contributed by atoms with E-state index in [2.05, 4.69) is 29.5 Å². The number of methoxy groups -OCH3 is 1. The van der Waals surface area contributed by atoms with Gasteiger partial charge in [-0.1, -0.05) is 26.0 Å². The van der Waals surface area contributed by atoms with Crippen LogP contribution in [0.4, 0.5) is 5.69 Å². The number of pyridine rings is 1. The van der Waals surface area contributed by atoms with Crippen LogP contribution in [0.1, 0.15) is 46.2 Å². The largest absolute Gasteiger partial charge is 0.383 e. The quantitative estimate of drug-likeness (QED) is 0.759. The van der Waals surface area contributed by atoms with Crippen molar-refractivity contribution in [2.24, 2.45) is 0 Å². The predicted molar refractivity (Wildman–Crippen MR) is 96.9 cm³/mol. The number of carbonyl (C=O) groups is 2. The van der Waals surface area contributed by atoms with Gasteiger partial charge in [0.05, 0.1) is 6.61 Å². The summed E-state index contributed by atoms with van der Waals surface area (Å²) in [6.07, 6.45) is 1.45. The summed E-state index contributed by atoms with van der Waals surface area (Å²) in [4.78, 5) is 28.4. The van der Waals surface area contributed by atoms with E-state index in [0.717, 1.165) is 0 Å². The summed E-state index contributed by atoms with van der Waals surface area (Å²) >= 11 is 0. The van der Waals surface area contributed by atoms with E-state index in [1.807, 2.05) is 24.3 Å². The van der Waals surface area contributed by atoms with Crippen molar-refractivity contribution < 1.29 is 14.3 Å². The van der Waals surface area contributed by atoms with E-state index in [0.29, 0.717) is 30.3 Å². The van der Waals surface area contributed by atoms with Gasteiger partial charge < -0.3 is 15.4 Å². The third-order valence-electron chi connectivity index (χ3n) is 3.68. The first-order chi connectivity index (χ1) is 12.0. The van der Waals surface area contributed by atoms with Crippen molar-refractivity contribution >= 4 is 17.5 Å². The van der Waals surface area contributed by atoms with Crippen LogP contribution < -0.4 is 10.6 Å². The average Bonchev–Trinajstić information content (AvgIpc) is 2.62. The molecular weight excluding hydrogens is 318 g/mol. The van der Waals surface area contributed by atoms with Crippen LogP contribution in [0.5, 0.6) is 0 Å². The van der Waals surface area contributed by atoms with E-state index >= 15 is 0 Å². The first kappa shape index (κ1) is 18.6. The van der Waals surface area contributed by atoms with Crippen molar-refractivity contribution in [3.8, 4) is 0 Å². The van der Waals surface area contributed by atoms with Crippen LogP contribution in [0.2, 0.25) is 0 Å². The van der Waals surface area contributed by atoms with E-state index in [1.54, 1.807) is 13.2 Å². The Kier molecular flexibility index (Phi) is 6.65. The van der Waals surface area contributed by atoms with E-state index in [9.17, 15) is 9.59 Å². The Morgan fingerprint density at radius 1 is 1.12 bits per heavy atom. The number of carbonyl (C=O) groups excluding carboxylic acids is 2. The molecule has 0 radical (unpaired) electrons. The second kappa shape index (κ2) is 8.94. The predicted octanol–water partition coefficient (Wildman–Crippen LogP) is 2.83. The van der Waals surface area contributed by atoms with E-state index in [-0.39, 0.29) is 17.5 Å². The molecule has 0 saturated carbocycles. The van der Waals surface area contributed by atoms with Gasteiger partial charge in [0.1, 0.15) is 5.69 Å². The molecule has 0 unspecified atom stereocenters. The van der Waals surface area contributed by atoms with Crippen molar-refractivity contribution in [1.82, 2.24) is 10.3 Å². The topological polar surface area (TPSA) is 80.3 Å². The number of hydrogen-bond acceptors (Lipinski definition) is 4. The number of ether oxygens (including phenoxy) is 1. The van der Waals surface area contributed by atoms with Crippen molar-refractivity contribution in [3.63, 3.8) is 0 Å². The number of hydrogen-bond donors (Lipinski definition) is 2. The molecule has 0 aliphatic rings. The van der Waals surface area contributed by atoms with Gasteiger partial charge >= 0.3 is 0 Å². The molecule has 1 aromatic heterocycles. The van der Waals surface area contributed by atoms with Crippen LogP contribution in [0.25, 0.3) is 0 Å². The Hall–Kier alpha value is -2.73. The highest BCUT2D eigenvalue weighted by molar-refractivity contribution is 6.04. The number of nitrogens with one attached hydrogen (secondary N) is 2. The fraction of sp³-hybridized carbons (Fsp3) is 0.316. The summed E-state index contributed by atoms with van der Waals surface area (Å²) in [6, 6.07) is 10.7. The first-order valence-corrected chi connectivity index (χ1v) is 8.15. The van der Waals surface area contributed by atoms with Gasteiger partial charge in [-0.2, -0.15) is 0 Å². The van der Waals surface area contributed by atoms with Crippen LogP contribution in [-0.2, 0) is 4.74 Å². The molecule has 0 spiro atoms. The molecule has 0 aliphatic carbocycles. The molecule has 1 aromatic carbocycles. The maximum absolute atomic E-state index is 12.3. The number of rotatable bonds is 7. The van der Waals surface area contributed by atoms with Gasteiger partial charge in [-0.3, -0.25) is 14.6 Å². The molecule has 0 aliphatic heterocycles. The second-order valence-electron chi connectivity index (χ2n) is 5.91. The van der Waals surface area contributed by atoms with Crippen LogP contribution in [-0.4, -0.2) is 37.1 Å². The number of benzene rings is 1. The zero-order chi connectivity index (χ0) is 18.2. The molecule has 2 rings (SSSR count). The SMILES string of the molecule is COCCNC(=O)c1ccnc(C(=O)Nc2ccc(C(C)C)cc2)c1. The monoisotopic (exact) mass is 341 g/mol. The van der Waals surface area contributed by atoms with Gasteiger partial charge in [0.2, 0.25) is 0 Å². The van der Waals surface area contributed by atoms with E-state index < -0.39 is 0 Å². The summed E-state index contributed by atoms with van der Waals surface area (Å²) in [5.41, 5.74) is 2.45. The molecule has 0 saturated heterocycles. The van der Waals surface area contributed by atoms with Gasteiger partial charge in [-0.05, 0) is 35.7 Å². The molecule has 25 heavy (non-hydrogen) atoms. The maximum Gasteiger partial charge on any atom is 0.274 e. The lowest BCUT2D eigenvalue weighted by molar-refractivity contribution is 0.0937. The number of aromatic nitrogens is 1. The Balaban J connectivity index is 2.04. The minimum Gasteiger partial charge on any atom is -0.383 e. The van der Waals surface area contributed by atoms with Gasteiger partial charge in [-0.25, -0.2) is 0 Å². The minimum atomic E-state index is -0.358. The number of nitrogens with zero attached hydrogens (tertiary/aromatic N) is 1. The Morgan fingerprint density at radius 3 is 2.48 bits per heavy atom. The molecule has 0 atom stereocenters. The lowest BCUT2D eigenvalue weighted by atomic mass is 10.0. The van der Waals surface area contributed by atoms with Crippen molar-refractivity contribution in [1.29, 1.82) is 0 Å². The molecule has 6 heteroatoms. The van der Waals surface area contributed by atoms with Gasteiger partial charge in [-0.15, -0.1) is 0 Å². The standard InChI is InChI=1S/C19H23N3O3/c1-13(2)14-4-6-16(7-5-14)22-19(24)17-12-15(8-9-20-17)18(23)21-10-11-25-3/h4-9,12-13H,10-11H2,1-3H3,(H,21,23)(H,22,24). The molecule has 2 amide bonds. The highest BCUT2D eigenvalue weighted by Crippen LogP contribution is 2.17. The number of anilines is 1.